The van der Waals surface area contributed by atoms with E-state index < -0.39 is 0 Å². The number of H-pyrrole nitrogens is 1. The Morgan fingerprint density at radius 3 is 2.86 bits per heavy atom. The van der Waals surface area contributed by atoms with E-state index in [0.717, 1.165) is 23.4 Å². The molecule has 1 aliphatic carbocycles. The van der Waals surface area contributed by atoms with Gasteiger partial charge in [0.05, 0.1) is 18.2 Å². The van der Waals surface area contributed by atoms with E-state index in [2.05, 4.69) is 11.1 Å². The largest absolute Gasteiger partial charge is 0.379 e. The molecule has 1 unspecified atom stereocenters. The van der Waals surface area contributed by atoms with Gasteiger partial charge in [0, 0.05) is 31.1 Å². The van der Waals surface area contributed by atoms with Crippen LogP contribution in [0.4, 0.5) is 5.69 Å². The van der Waals surface area contributed by atoms with Crippen LogP contribution >= 0.6 is 0 Å². The molecule has 1 atom stereocenters. The van der Waals surface area contributed by atoms with E-state index in [4.69, 9.17) is 4.74 Å². The van der Waals surface area contributed by atoms with Crippen molar-refractivity contribution in [1.82, 2.24) is 4.98 Å². The number of hydrogen-bond donors (Lipinski definition) is 1. The van der Waals surface area contributed by atoms with Gasteiger partial charge in [-0.2, -0.15) is 0 Å². The van der Waals surface area contributed by atoms with Crippen molar-refractivity contribution in [2.75, 3.05) is 18.6 Å². The highest BCUT2D eigenvalue weighted by atomic mass is 16.5. The summed E-state index contributed by atoms with van der Waals surface area (Å²) in [6, 6.07) is 10.0. The normalized spacial score (nSPS) is 20.8. The van der Waals surface area contributed by atoms with Crippen LogP contribution in [0, 0.1) is 0 Å². The number of carbonyl (C=O) groups excluding carboxylic acids is 1. The molecule has 0 bridgehead atoms. The second-order valence-electron chi connectivity index (χ2n) is 6.19. The van der Waals surface area contributed by atoms with Crippen molar-refractivity contribution in [3.63, 3.8) is 0 Å². The van der Waals surface area contributed by atoms with Crippen molar-refractivity contribution in [3.05, 3.63) is 53.3 Å². The Labute approximate surface area is 130 Å². The molecule has 0 saturated heterocycles. The fourth-order valence-corrected chi connectivity index (χ4v) is 3.33. The molecule has 1 saturated carbocycles. The van der Waals surface area contributed by atoms with E-state index in [-0.39, 0.29) is 12.0 Å². The van der Waals surface area contributed by atoms with Crippen molar-refractivity contribution in [2.45, 2.75) is 31.3 Å². The first kappa shape index (κ1) is 13.6. The minimum atomic E-state index is 0.0576. The number of nitrogens with zero attached hydrogens (tertiary/aromatic N) is 1. The van der Waals surface area contributed by atoms with E-state index in [1.165, 1.54) is 18.4 Å². The summed E-state index contributed by atoms with van der Waals surface area (Å²) in [7, 11) is 1.72. The van der Waals surface area contributed by atoms with E-state index in [1.807, 2.05) is 35.4 Å². The van der Waals surface area contributed by atoms with Crippen LogP contribution in [0.1, 0.15) is 40.4 Å². The zero-order chi connectivity index (χ0) is 15.1. The third-order valence-electron chi connectivity index (χ3n) is 4.69. The van der Waals surface area contributed by atoms with Gasteiger partial charge in [0.15, 0.2) is 0 Å². The number of anilines is 1. The van der Waals surface area contributed by atoms with Crippen molar-refractivity contribution in [1.29, 1.82) is 0 Å². The molecule has 1 amide bonds. The van der Waals surface area contributed by atoms with Crippen LogP contribution in [0.25, 0.3) is 0 Å². The summed E-state index contributed by atoms with van der Waals surface area (Å²) in [4.78, 5) is 18.2. The number of fused-ring (bicyclic) bond motifs is 1. The molecule has 1 N–H and O–H groups in total. The van der Waals surface area contributed by atoms with Gasteiger partial charge >= 0.3 is 0 Å². The smallest absolute Gasteiger partial charge is 0.260 e. The van der Waals surface area contributed by atoms with Gasteiger partial charge in [-0.05, 0) is 36.5 Å². The molecule has 2 heterocycles. The number of nitrogens with one attached hydrogen (secondary N) is 1. The molecular formula is C18H20N2O2. The highest BCUT2D eigenvalue weighted by Crippen LogP contribution is 2.41. The number of benzene rings is 1. The molecule has 0 spiro atoms. The van der Waals surface area contributed by atoms with E-state index in [0.29, 0.717) is 12.5 Å². The summed E-state index contributed by atoms with van der Waals surface area (Å²) in [5.74, 6) is 0.615. The van der Waals surface area contributed by atoms with Crippen LogP contribution in [-0.2, 0) is 11.2 Å². The number of hydrogen-bond acceptors (Lipinski definition) is 2. The lowest BCUT2D eigenvalue weighted by molar-refractivity contribution is 0.0869. The van der Waals surface area contributed by atoms with Crippen LogP contribution in [0.5, 0.6) is 0 Å². The molecule has 1 aromatic carbocycles. The highest BCUT2D eigenvalue weighted by molar-refractivity contribution is 6.07. The summed E-state index contributed by atoms with van der Waals surface area (Å²) in [5.41, 5.74) is 4.11. The zero-order valence-electron chi connectivity index (χ0n) is 12.7. The van der Waals surface area contributed by atoms with Crippen molar-refractivity contribution >= 4 is 11.6 Å². The molecular weight excluding hydrogens is 276 g/mol. The number of aromatic amines is 1. The Balaban J connectivity index is 1.71. The van der Waals surface area contributed by atoms with Gasteiger partial charge in [0.25, 0.3) is 5.91 Å². The fourth-order valence-electron chi connectivity index (χ4n) is 3.33. The van der Waals surface area contributed by atoms with E-state index in [9.17, 15) is 4.79 Å². The maximum absolute atomic E-state index is 13.1. The minimum absolute atomic E-state index is 0.0576. The second-order valence-corrected chi connectivity index (χ2v) is 6.19. The van der Waals surface area contributed by atoms with Crippen LogP contribution < -0.4 is 4.90 Å². The standard InChI is InChI=1S/C18H20N2O2/c1-22-14-10-13-4-2-3-5-16(13)20(11-14)18(21)15-8-9-19-17(15)12-6-7-12/h2-5,8-9,12,14,19H,6-7,10-11H2,1H3. The molecule has 1 aromatic heterocycles. The molecule has 22 heavy (non-hydrogen) atoms. The van der Waals surface area contributed by atoms with Crippen LogP contribution in [0.15, 0.2) is 36.5 Å². The monoisotopic (exact) mass is 296 g/mol. The van der Waals surface area contributed by atoms with Gasteiger partial charge in [0.2, 0.25) is 0 Å². The van der Waals surface area contributed by atoms with Gasteiger partial charge in [0.1, 0.15) is 0 Å². The molecule has 114 valence electrons. The molecule has 2 aromatic rings. The molecule has 2 aliphatic rings. The first-order valence-electron chi connectivity index (χ1n) is 7.87. The van der Waals surface area contributed by atoms with Gasteiger partial charge in [-0.1, -0.05) is 18.2 Å². The summed E-state index contributed by atoms with van der Waals surface area (Å²) >= 11 is 0. The highest BCUT2D eigenvalue weighted by Gasteiger charge is 2.34. The average molecular weight is 296 g/mol. The lowest BCUT2D eigenvalue weighted by atomic mass is 9.98. The maximum atomic E-state index is 13.1. The summed E-state index contributed by atoms with van der Waals surface area (Å²) in [6.45, 7) is 0.613. The Bertz CT molecular complexity index is 703. The zero-order valence-corrected chi connectivity index (χ0v) is 12.7. The fraction of sp³-hybridized carbons (Fsp3) is 0.389. The van der Waals surface area contributed by atoms with Crippen LogP contribution in [0.2, 0.25) is 0 Å². The number of methoxy groups -OCH3 is 1. The Hall–Kier alpha value is -2.07. The van der Waals surface area contributed by atoms with E-state index in [1.54, 1.807) is 7.11 Å². The first-order chi connectivity index (χ1) is 10.8. The summed E-state index contributed by atoms with van der Waals surface area (Å²) in [6.07, 6.45) is 5.15. The third kappa shape index (κ3) is 2.24. The number of rotatable bonds is 3. The van der Waals surface area contributed by atoms with Crippen LogP contribution in [-0.4, -0.2) is 30.6 Å². The number of ether oxygens (including phenoxy) is 1. The van der Waals surface area contributed by atoms with Crippen molar-refractivity contribution in [3.8, 4) is 0 Å². The lowest BCUT2D eigenvalue weighted by Crippen LogP contribution is -2.43. The maximum Gasteiger partial charge on any atom is 0.260 e. The summed E-state index contributed by atoms with van der Waals surface area (Å²) < 4.78 is 5.53. The van der Waals surface area contributed by atoms with E-state index >= 15 is 0 Å². The molecule has 4 nitrogen and oxygen atoms in total. The van der Waals surface area contributed by atoms with Crippen molar-refractivity contribution < 1.29 is 9.53 Å². The lowest BCUT2D eigenvalue weighted by Gasteiger charge is -2.34. The average Bonchev–Trinajstić information content (AvgIpc) is 3.30. The number of amides is 1. The Morgan fingerprint density at radius 2 is 2.09 bits per heavy atom. The predicted molar refractivity (Wildman–Crippen MR) is 85.4 cm³/mol. The number of aromatic nitrogens is 1. The predicted octanol–water partition coefficient (Wildman–Crippen LogP) is 3.11. The molecule has 1 fully saturated rings. The third-order valence-corrected chi connectivity index (χ3v) is 4.69. The number of para-hydroxylation sites is 1. The number of carbonyl (C=O) groups is 1. The minimum Gasteiger partial charge on any atom is -0.379 e. The topological polar surface area (TPSA) is 45.3 Å². The quantitative estimate of drug-likeness (QED) is 0.946. The molecule has 0 radical (unpaired) electrons. The Morgan fingerprint density at radius 1 is 1.27 bits per heavy atom. The van der Waals surface area contributed by atoms with Gasteiger partial charge in [-0.3, -0.25) is 4.79 Å². The van der Waals surface area contributed by atoms with Gasteiger partial charge < -0.3 is 14.6 Å². The van der Waals surface area contributed by atoms with Crippen LogP contribution in [0.3, 0.4) is 0 Å². The van der Waals surface area contributed by atoms with Gasteiger partial charge in [-0.15, -0.1) is 0 Å². The first-order valence-corrected chi connectivity index (χ1v) is 7.87. The molecule has 4 rings (SSSR count). The Kier molecular flexibility index (Phi) is 3.26. The second kappa shape index (κ2) is 5.29. The van der Waals surface area contributed by atoms with Crippen molar-refractivity contribution in [2.24, 2.45) is 0 Å². The summed E-state index contributed by atoms with van der Waals surface area (Å²) in [5, 5.41) is 0. The molecule has 1 aliphatic heterocycles. The molecule has 4 heteroatoms. The SMILES string of the molecule is COC1Cc2ccccc2N(C(=O)c2cc[nH]c2C2CC2)C1. The van der Waals surface area contributed by atoms with Gasteiger partial charge in [-0.25, -0.2) is 0 Å².